The van der Waals surface area contributed by atoms with Crippen LogP contribution in [0, 0.1) is 0 Å². The molecule has 172 valence electrons. The highest BCUT2D eigenvalue weighted by atomic mass is 15.4. The molecule has 0 amide bonds. The van der Waals surface area contributed by atoms with Crippen LogP contribution in [-0.4, -0.2) is 60.4 Å². The molecule has 9 nitrogen and oxygen atoms in total. The number of nitrogens with zero attached hydrogens (tertiary/aromatic N) is 7. The summed E-state index contributed by atoms with van der Waals surface area (Å²) in [6.45, 7) is 9.11. The van der Waals surface area contributed by atoms with Crippen LogP contribution < -0.4 is 10.6 Å². The van der Waals surface area contributed by atoms with Gasteiger partial charge in [-0.1, -0.05) is 32.0 Å². The second-order valence-corrected chi connectivity index (χ2v) is 8.77. The Kier molecular flexibility index (Phi) is 6.21. The summed E-state index contributed by atoms with van der Waals surface area (Å²) in [6.07, 6.45) is 8.22. The molecule has 0 spiro atoms. The van der Waals surface area contributed by atoms with Gasteiger partial charge in [0.2, 0.25) is 11.9 Å². The number of likely N-dealkylation sites (tertiary alicyclic amines) is 1. The Balaban J connectivity index is 1.39. The van der Waals surface area contributed by atoms with Gasteiger partial charge in [0.05, 0.1) is 11.9 Å². The van der Waals surface area contributed by atoms with Crippen molar-refractivity contribution in [1.29, 1.82) is 0 Å². The van der Waals surface area contributed by atoms with Gasteiger partial charge in [-0.3, -0.25) is 0 Å². The topological polar surface area (TPSA) is 88.2 Å². The van der Waals surface area contributed by atoms with Crippen LogP contribution in [0.5, 0.6) is 0 Å². The van der Waals surface area contributed by atoms with Crippen molar-refractivity contribution in [2.24, 2.45) is 0 Å². The lowest BCUT2D eigenvalue weighted by Gasteiger charge is -2.16. The van der Waals surface area contributed by atoms with E-state index in [9.17, 15) is 0 Å². The first-order valence-electron chi connectivity index (χ1n) is 11.7. The summed E-state index contributed by atoms with van der Waals surface area (Å²) in [4.78, 5) is 12.1. The van der Waals surface area contributed by atoms with Gasteiger partial charge >= 0.3 is 0 Å². The van der Waals surface area contributed by atoms with Crippen molar-refractivity contribution in [1.82, 2.24) is 34.3 Å². The van der Waals surface area contributed by atoms with Gasteiger partial charge in [0.1, 0.15) is 0 Å². The molecule has 0 aliphatic carbocycles. The van der Waals surface area contributed by atoms with E-state index in [2.05, 4.69) is 51.7 Å². The van der Waals surface area contributed by atoms with E-state index >= 15 is 0 Å². The van der Waals surface area contributed by atoms with E-state index in [0.29, 0.717) is 24.4 Å². The Labute approximate surface area is 193 Å². The van der Waals surface area contributed by atoms with E-state index < -0.39 is 0 Å². The molecule has 2 N–H and O–H groups in total. The molecule has 4 aromatic rings. The van der Waals surface area contributed by atoms with Crippen molar-refractivity contribution in [2.75, 3.05) is 36.8 Å². The summed E-state index contributed by atoms with van der Waals surface area (Å²) >= 11 is 0. The van der Waals surface area contributed by atoms with E-state index in [4.69, 9.17) is 9.97 Å². The minimum absolute atomic E-state index is 0.322. The molecule has 1 aliphatic rings. The highest BCUT2D eigenvalue weighted by Crippen LogP contribution is 2.23. The maximum Gasteiger partial charge on any atom is 0.229 e. The molecule has 1 aromatic carbocycles. The Morgan fingerprint density at radius 2 is 1.85 bits per heavy atom. The van der Waals surface area contributed by atoms with Crippen LogP contribution in [0.2, 0.25) is 0 Å². The molecule has 1 fully saturated rings. The van der Waals surface area contributed by atoms with E-state index in [1.54, 1.807) is 10.7 Å². The lowest BCUT2D eigenvalue weighted by atomic mass is 10.1. The molecule has 0 atom stereocenters. The zero-order valence-corrected chi connectivity index (χ0v) is 19.3. The van der Waals surface area contributed by atoms with Gasteiger partial charge < -0.3 is 15.5 Å². The van der Waals surface area contributed by atoms with Crippen molar-refractivity contribution < 1.29 is 0 Å². The van der Waals surface area contributed by atoms with Gasteiger partial charge in [0, 0.05) is 37.6 Å². The van der Waals surface area contributed by atoms with Crippen molar-refractivity contribution >= 4 is 17.5 Å². The van der Waals surface area contributed by atoms with Crippen molar-refractivity contribution in [2.45, 2.75) is 39.2 Å². The molecule has 1 aliphatic heterocycles. The zero-order valence-electron chi connectivity index (χ0n) is 19.3. The quantitative estimate of drug-likeness (QED) is 0.407. The average molecular weight is 446 g/mol. The number of hydrogen-bond donors (Lipinski definition) is 2. The van der Waals surface area contributed by atoms with Crippen LogP contribution in [0.3, 0.4) is 0 Å². The molecule has 0 saturated carbocycles. The van der Waals surface area contributed by atoms with Crippen molar-refractivity contribution in [3.63, 3.8) is 0 Å². The highest BCUT2D eigenvalue weighted by molar-refractivity contribution is 5.56. The Morgan fingerprint density at radius 3 is 2.64 bits per heavy atom. The standard InChI is InChI=1S/C24H31N9/c1-18(2)20-17-28-33-22(20)29-23(25-11-15-31-12-5-6-13-31)30-24(33)26-16-19-8-3-4-9-21(19)32-14-7-10-27-32/h3-4,7-10,14,17-18H,5-6,11-13,15-16H2,1-2H3,(H2,25,26,29,30). The van der Waals surface area contributed by atoms with Gasteiger partial charge in [0.25, 0.3) is 0 Å². The number of rotatable bonds is 9. The van der Waals surface area contributed by atoms with Crippen LogP contribution >= 0.6 is 0 Å². The van der Waals surface area contributed by atoms with Gasteiger partial charge in [0.15, 0.2) is 5.65 Å². The molecular weight excluding hydrogens is 414 g/mol. The molecule has 0 radical (unpaired) electrons. The molecule has 0 unspecified atom stereocenters. The first kappa shape index (κ1) is 21.4. The third-order valence-electron chi connectivity index (χ3n) is 6.11. The summed E-state index contributed by atoms with van der Waals surface area (Å²) in [6, 6.07) is 10.1. The third-order valence-corrected chi connectivity index (χ3v) is 6.11. The van der Waals surface area contributed by atoms with E-state index in [1.807, 2.05) is 35.3 Å². The summed E-state index contributed by atoms with van der Waals surface area (Å²) in [5.41, 5.74) is 4.10. The Hall–Kier alpha value is -3.46. The van der Waals surface area contributed by atoms with Crippen LogP contribution in [0.25, 0.3) is 11.3 Å². The zero-order chi connectivity index (χ0) is 22.6. The van der Waals surface area contributed by atoms with Gasteiger partial charge in [-0.15, -0.1) is 0 Å². The molecule has 33 heavy (non-hydrogen) atoms. The fraction of sp³-hybridized carbons (Fsp3) is 0.417. The fourth-order valence-electron chi connectivity index (χ4n) is 4.30. The van der Waals surface area contributed by atoms with E-state index in [0.717, 1.165) is 35.6 Å². The number of fused-ring (bicyclic) bond motifs is 1. The lowest BCUT2D eigenvalue weighted by Crippen LogP contribution is -2.26. The maximum atomic E-state index is 4.80. The molecule has 1 saturated heterocycles. The largest absolute Gasteiger partial charge is 0.353 e. The molecule has 9 heteroatoms. The number of hydrogen-bond acceptors (Lipinski definition) is 7. The summed E-state index contributed by atoms with van der Waals surface area (Å²) in [7, 11) is 0. The minimum atomic E-state index is 0.322. The second-order valence-electron chi connectivity index (χ2n) is 8.77. The number of anilines is 2. The second kappa shape index (κ2) is 9.58. The smallest absolute Gasteiger partial charge is 0.229 e. The fourth-order valence-corrected chi connectivity index (χ4v) is 4.30. The summed E-state index contributed by atoms with van der Waals surface area (Å²) in [5.74, 6) is 1.63. The maximum absolute atomic E-state index is 4.80. The highest BCUT2D eigenvalue weighted by Gasteiger charge is 2.16. The van der Waals surface area contributed by atoms with E-state index in [-0.39, 0.29) is 0 Å². The van der Waals surface area contributed by atoms with Crippen LogP contribution in [0.1, 0.15) is 43.7 Å². The number of nitrogens with one attached hydrogen (secondary N) is 2. The SMILES string of the molecule is CC(C)c1cnn2c(NCc3ccccc3-n3cccn3)nc(NCCN3CCCC3)nc12. The van der Waals surface area contributed by atoms with Crippen molar-refractivity contribution in [3.8, 4) is 5.69 Å². The van der Waals surface area contributed by atoms with Gasteiger partial charge in [-0.2, -0.15) is 24.7 Å². The van der Waals surface area contributed by atoms with E-state index in [1.165, 1.54) is 25.9 Å². The molecular formula is C24H31N9. The average Bonchev–Trinajstić information content (AvgIpc) is 3.59. The Morgan fingerprint density at radius 1 is 1.00 bits per heavy atom. The molecule has 5 rings (SSSR count). The predicted molar refractivity (Wildman–Crippen MR) is 130 cm³/mol. The molecule has 3 aromatic heterocycles. The first-order valence-corrected chi connectivity index (χ1v) is 11.7. The van der Waals surface area contributed by atoms with Crippen LogP contribution in [0.15, 0.2) is 48.9 Å². The van der Waals surface area contributed by atoms with Gasteiger partial charge in [-0.05, 0) is 49.5 Å². The molecule has 4 heterocycles. The monoisotopic (exact) mass is 445 g/mol. The summed E-state index contributed by atoms with van der Waals surface area (Å²) < 4.78 is 3.68. The van der Waals surface area contributed by atoms with Gasteiger partial charge in [-0.25, -0.2) is 4.68 Å². The number of aromatic nitrogens is 6. The lowest BCUT2D eigenvalue weighted by molar-refractivity contribution is 0.352. The summed E-state index contributed by atoms with van der Waals surface area (Å²) in [5, 5.41) is 15.9. The number of para-hydroxylation sites is 1. The third kappa shape index (κ3) is 4.68. The Bertz CT molecular complexity index is 1190. The number of benzene rings is 1. The van der Waals surface area contributed by atoms with Crippen LogP contribution in [-0.2, 0) is 6.54 Å². The van der Waals surface area contributed by atoms with Crippen LogP contribution in [0.4, 0.5) is 11.9 Å². The minimum Gasteiger partial charge on any atom is -0.353 e. The predicted octanol–water partition coefficient (Wildman–Crippen LogP) is 3.55. The molecule has 0 bridgehead atoms. The normalized spacial score (nSPS) is 14.4. The first-order chi connectivity index (χ1) is 16.2. The van der Waals surface area contributed by atoms with Crippen molar-refractivity contribution in [3.05, 3.63) is 60.0 Å².